The van der Waals surface area contributed by atoms with Gasteiger partial charge in [0.25, 0.3) is 11.8 Å². The minimum atomic E-state index is -1.82. The third kappa shape index (κ3) is 6.94. The smallest absolute Gasteiger partial charge is 0.408 e. The maximum absolute atomic E-state index is 13.1. The number of hydrogen-bond acceptors (Lipinski definition) is 12. The summed E-state index contributed by atoms with van der Waals surface area (Å²) in [6.07, 6.45) is -2.61. The number of benzene rings is 1. The number of thioether (sulfide) groups is 2. The van der Waals surface area contributed by atoms with Gasteiger partial charge in [0.1, 0.15) is 28.2 Å². The maximum Gasteiger partial charge on any atom is 0.408 e. The van der Waals surface area contributed by atoms with E-state index >= 15 is 0 Å². The molecule has 2 aliphatic rings. The second-order valence-corrected chi connectivity index (χ2v) is 13.5. The largest absolute Gasteiger partial charge is 0.477 e. The number of alkyl carbamates (subject to hydrolysis) is 1. The third-order valence-corrected chi connectivity index (χ3v) is 9.44. The minimum absolute atomic E-state index is 0.00554. The summed E-state index contributed by atoms with van der Waals surface area (Å²) >= 11 is 3.94. The molecule has 1 aromatic carbocycles. The molecule has 0 radical (unpaired) electrons. The summed E-state index contributed by atoms with van der Waals surface area (Å²) in [5, 5.41) is 32.7. The highest BCUT2D eigenvalue weighted by Gasteiger charge is 2.54. The van der Waals surface area contributed by atoms with Crippen molar-refractivity contribution < 1.29 is 38.9 Å². The lowest BCUT2D eigenvalue weighted by molar-refractivity contribution is -0.151. The first-order valence-electron chi connectivity index (χ1n) is 12.7. The molecule has 2 aromatic rings. The number of fused-ring (bicyclic) bond motifs is 1. The summed E-state index contributed by atoms with van der Waals surface area (Å²) in [6.45, 7) is 6.49. The molecule has 13 nitrogen and oxygen atoms in total. The van der Waals surface area contributed by atoms with Crippen LogP contribution in [0.15, 0.2) is 45.4 Å². The summed E-state index contributed by atoms with van der Waals surface area (Å²) in [7, 11) is 0. The molecule has 0 bridgehead atoms. The normalized spacial score (nSPS) is 19.7. The maximum atomic E-state index is 13.1. The molecule has 0 saturated carbocycles. The van der Waals surface area contributed by atoms with Gasteiger partial charge in [-0.2, -0.15) is 0 Å². The van der Waals surface area contributed by atoms with E-state index in [-0.39, 0.29) is 16.8 Å². The Morgan fingerprint density at radius 1 is 1.24 bits per heavy atom. The van der Waals surface area contributed by atoms with Crippen molar-refractivity contribution in [3.63, 3.8) is 0 Å². The molecule has 1 aromatic heterocycles. The Morgan fingerprint density at radius 3 is 2.60 bits per heavy atom. The molecule has 3 heterocycles. The molecule has 4 rings (SSSR count). The van der Waals surface area contributed by atoms with Crippen molar-refractivity contribution in [2.75, 3.05) is 11.5 Å². The third-order valence-electron chi connectivity index (χ3n) is 6.15. The van der Waals surface area contributed by atoms with E-state index in [2.05, 4.69) is 20.8 Å². The van der Waals surface area contributed by atoms with Crippen LogP contribution in [-0.4, -0.2) is 89.5 Å². The van der Waals surface area contributed by atoms with Crippen LogP contribution in [-0.2, 0) is 19.1 Å². The molecule has 0 spiro atoms. The number of aliphatic carboxylic acids is 1. The highest BCUT2D eigenvalue weighted by molar-refractivity contribution is 8.01. The SMILES string of the molecule is C[C@H](NC(=O)OC(C)(C)C)C(=O)c1ccccc1C(O)C(=O)NC1C(=O)N2C(C(=O)O)=C(CSc3nncs3)CS[C@@H]12. The number of β-lactam (4-membered cyclic amide) rings is 1. The van der Waals surface area contributed by atoms with E-state index in [1.54, 1.807) is 32.3 Å². The number of carboxylic acids is 1. The fourth-order valence-electron chi connectivity index (χ4n) is 4.29. The highest BCUT2D eigenvalue weighted by atomic mass is 32.2. The Labute approximate surface area is 253 Å². The summed E-state index contributed by atoms with van der Waals surface area (Å²) in [4.78, 5) is 64.6. The molecule has 16 heteroatoms. The van der Waals surface area contributed by atoms with E-state index in [0.29, 0.717) is 21.4 Å². The van der Waals surface area contributed by atoms with E-state index in [9.17, 15) is 34.2 Å². The van der Waals surface area contributed by atoms with Gasteiger partial charge in [-0.15, -0.1) is 22.0 Å². The number of amides is 3. The number of ketones is 1. The number of carboxylic acid groups (broad SMARTS) is 1. The molecule has 2 aliphatic heterocycles. The number of Topliss-reactive ketones (excluding diaryl/α,β-unsaturated/α-hetero) is 1. The number of carbonyl (C=O) groups excluding carboxylic acids is 4. The lowest BCUT2D eigenvalue weighted by Crippen LogP contribution is -2.70. The first kappa shape index (κ1) is 31.5. The van der Waals surface area contributed by atoms with Gasteiger partial charge in [0.15, 0.2) is 16.2 Å². The van der Waals surface area contributed by atoms with Crippen molar-refractivity contribution >= 4 is 64.5 Å². The van der Waals surface area contributed by atoms with Crippen LogP contribution < -0.4 is 10.6 Å². The second-order valence-electron chi connectivity index (χ2n) is 10.4. The van der Waals surface area contributed by atoms with Gasteiger partial charge in [-0.3, -0.25) is 19.3 Å². The van der Waals surface area contributed by atoms with Crippen molar-refractivity contribution in [3.8, 4) is 0 Å². The van der Waals surface area contributed by atoms with Crippen molar-refractivity contribution in [1.82, 2.24) is 25.7 Å². The van der Waals surface area contributed by atoms with Gasteiger partial charge in [-0.1, -0.05) is 47.4 Å². The van der Waals surface area contributed by atoms with Crippen LogP contribution in [0.5, 0.6) is 0 Å². The summed E-state index contributed by atoms with van der Waals surface area (Å²) in [6, 6.07) is 3.80. The Morgan fingerprint density at radius 2 is 1.95 bits per heavy atom. The Balaban J connectivity index is 1.43. The van der Waals surface area contributed by atoms with Crippen LogP contribution in [0.25, 0.3) is 0 Å². The number of nitrogens with zero attached hydrogens (tertiary/aromatic N) is 3. The Kier molecular flexibility index (Phi) is 9.60. The Bertz CT molecular complexity index is 1430. The monoisotopic (exact) mass is 635 g/mol. The summed E-state index contributed by atoms with van der Waals surface area (Å²) in [5.41, 5.74) is 1.20. The quantitative estimate of drug-likeness (QED) is 0.170. The van der Waals surface area contributed by atoms with Gasteiger partial charge < -0.3 is 25.6 Å². The molecule has 224 valence electrons. The molecule has 2 unspecified atom stereocenters. The number of hydrogen-bond donors (Lipinski definition) is 4. The van der Waals surface area contributed by atoms with Crippen LogP contribution in [0.2, 0.25) is 0 Å². The molecule has 0 aliphatic carbocycles. The second kappa shape index (κ2) is 12.8. The van der Waals surface area contributed by atoms with Crippen LogP contribution in [0.3, 0.4) is 0 Å². The topological polar surface area (TPSA) is 188 Å². The lowest BCUT2D eigenvalue weighted by Gasteiger charge is -2.49. The van der Waals surface area contributed by atoms with Crippen LogP contribution in [0.1, 0.15) is 49.7 Å². The van der Waals surface area contributed by atoms with Crippen LogP contribution in [0, 0.1) is 0 Å². The molecule has 1 fully saturated rings. The van der Waals surface area contributed by atoms with Gasteiger partial charge in [0.2, 0.25) is 0 Å². The number of ether oxygens (including phenoxy) is 1. The average Bonchev–Trinajstić information content (AvgIpc) is 3.45. The zero-order valence-electron chi connectivity index (χ0n) is 23.0. The van der Waals surface area contributed by atoms with Crippen molar-refractivity contribution in [1.29, 1.82) is 0 Å². The molecule has 4 N–H and O–H groups in total. The molecule has 3 amide bonds. The number of rotatable bonds is 10. The fraction of sp³-hybridized carbons (Fsp3) is 0.423. The first-order valence-corrected chi connectivity index (χ1v) is 15.6. The van der Waals surface area contributed by atoms with E-state index in [1.807, 2.05) is 0 Å². The van der Waals surface area contributed by atoms with E-state index in [1.165, 1.54) is 60.0 Å². The predicted octanol–water partition coefficient (Wildman–Crippen LogP) is 2.20. The lowest BCUT2D eigenvalue weighted by atomic mass is 9.95. The van der Waals surface area contributed by atoms with Crippen molar-refractivity contribution in [3.05, 3.63) is 52.2 Å². The van der Waals surface area contributed by atoms with Gasteiger partial charge in [-0.05, 0) is 33.3 Å². The minimum Gasteiger partial charge on any atom is -0.477 e. The van der Waals surface area contributed by atoms with E-state index in [4.69, 9.17) is 4.74 Å². The highest BCUT2D eigenvalue weighted by Crippen LogP contribution is 2.42. The summed E-state index contributed by atoms with van der Waals surface area (Å²) in [5.74, 6) is -2.75. The number of carbonyl (C=O) groups is 5. The average molecular weight is 636 g/mol. The number of aliphatic hydroxyl groups excluding tert-OH is 1. The van der Waals surface area contributed by atoms with Gasteiger partial charge >= 0.3 is 12.1 Å². The van der Waals surface area contributed by atoms with Gasteiger partial charge in [0.05, 0.1) is 6.04 Å². The first-order chi connectivity index (χ1) is 19.8. The fourth-order valence-corrected chi connectivity index (χ4v) is 7.26. The molecule has 1 saturated heterocycles. The van der Waals surface area contributed by atoms with Gasteiger partial charge in [-0.25, -0.2) is 9.59 Å². The number of nitrogens with one attached hydrogen (secondary N) is 2. The van der Waals surface area contributed by atoms with Crippen LogP contribution >= 0.6 is 34.9 Å². The van der Waals surface area contributed by atoms with Gasteiger partial charge in [0, 0.05) is 22.6 Å². The summed E-state index contributed by atoms with van der Waals surface area (Å²) < 4.78 is 5.85. The zero-order chi connectivity index (χ0) is 30.8. The molecule has 42 heavy (non-hydrogen) atoms. The van der Waals surface area contributed by atoms with Crippen molar-refractivity contribution in [2.24, 2.45) is 0 Å². The van der Waals surface area contributed by atoms with Crippen LogP contribution in [0.4, 0.5) is 4.79 Å². The zero-order valence-corrected chi connectivity index (χ0v) is 25.5. The van der Waals surface area contributed by atoms with E-state index < -0.39 is 58.8 Å². The molecular formula is C26H29N5O8S3. The van der Waals surface area contributed by atoms with E-state index in [0.717, 1.165) is 4.90 Å². The number of aromatic nitrogens is 2. The number of aliphatic hydroxyl groups is 1. The Hall–Kier alpha value is -3.47. The molecular weight excluding hydrogens is 607 g/mol. The standard InChI is InChI=1S/C26H29N5O8S3/c1-12(28-24(38)39-26(2,3)4)18(32)14-7-5-6-8-15(14)19(33)20(34)29-16-21(35)31-17(23(36)37)13(9-40-22(16)31)10-41-25-30-27-11-42-25/h5-8,11-12,16,19,22,33H,9-10H2,1-4H3,(H,28,38)(H,29,34)(H,36,37)/t12-,16?,19?,22-/m0/s1. The predicted molar refractivity (Wildman–Crippen MR) is 155 cm³/mol. The van der Waals surface area contributed by atoms with Crippen molar-refractivity contribution in [2.45, 2.75) is 61.2 Å². The molecule has 4 atom stereocenters.